The van der Waals surface area contributed by atoms with Crippen LogP contribution in [-0.4, -0.2) is 49.4 Å². The topological polar surface area (TPSA) is 18.5 Å². The lowest BCUT2D eigenvalue weighted by molar-refractivity contribution is -0.352. The zero-order chi connectivity index (χ0) is 23.0. The highest BCUT2D eigenvalue weighted by atomic mass is 19.4. The first kappa shape index (κ1) is 24.9. The van der Waals surface area contributed by atoms with Gasteiger partial charge in [-0.2, -0.15) is 8.78 Å². The molecule has 3 saturated carbocycles. The molecule has 2 nitrogen and oxygen atoms in total. The summed E-state index contributed by atoms with van der Waals surface area (Å²) in [5.41, 5.74) is 0. The molecule has 31 heavy (non-hydrogen) atoms. The second kappa shape index (κ2) is 9.65. The minimum absolute atomic E-state index is 0.0823. The van der Waals surface area contributed by atoms with Gasteiger partial charge in [-0.15, -0.1) is 13.2 Å². The maximum Gasteiger partial charge on any atom is 0.522 e. The maximum atomic E-state index is 14.7. The van der Waals surface area contributed by atoms with Gasteiger partial charge in [0.15, 0.2) is 0 Å². The van der Waals surface area contributed by atoms with Crippen LogP contribution in [0.25, 0.3) is 0 Å². The van der Waals surface area contributed by atoms with Gasteiger partial charge in [0, 0.05) is 6.42 Å². The lowest BCUT2D eigenvalue weighted by Crippen LogP contribution is -2.51. The molecule has 11 heteroatoms. The predicted molar refractivity (Wildman–Crippen MR) is 92.4 cm³/mol. The summed E-state index contributed by atoms with van der Waals surface area (Å²) in [7, 11) is 0. The van der Waals surface area contributed by atoms with Gasteiger partial charge in [0.25, 0.3) is 0 Å². The number of alkyl halides is 9. The van der Waals surface area contributed by atoms with Gasteiger partial charge in [0.2, 0.25) is 0 Å². The standard InChI is InChI=1S/C20H27F9O2/c21-11-1-6-14(15(22)9-11)10-7-16(23)18(17(24)8-10)19(25,26)30-12-2-4-13(5-3-12)31-20(27,28)29/h10-18H,1-9H2. The lowest BCUT2D eigenvalue weighted by Gasteiger charge is -2.43. The monoisotopic (exact) mass is 470 g/mol. The third-order valence-electron chi connectivity index (χ3n) is 6.83. The van der Waals surface area contributed by atoms with Gasteiger partial charge < -0.3 is 4.74 Å². The normalized spacial score (nSPS) is 43.1. The first-order valence-electron chi connectivity index (χ1n) is 10.7. The van der Waals surface area contributed by atoms with E-state index in [4.69, 9.17) is 0 Å². The van der Waals surface area contributed by atoms with Crippen molar-refractivity contribution in [3.8, 4) is 0 Å². The molecular formula is C20H27F9O2. The van der Waals surface area contributed by atoms with E-state index >= 15 is 0 Å². The van der Waals surface area contributed by atoms with Crippen LogP contribution in [0.2, 0.25) is 0 Å². The Morgan fingerprint density at radius 2 is 1.10 bits per heavy atom. The van der Waals surface area contributed by atoms with E-state index in [0.717, 1.165) is 0 Å². The van der Waals surface area contributed by atoms with Crippen molar-refractivity contribution in [1.82, 2.24) is 0 Å². The summed E-state index contributed by atoms with van der Waals surface area (Å²) < 4.78 is 131. The van der Waals surface area contributed by atoms with Crippen molar-refractivity contribution in [2.45, 2.75) is 107 Å². The molecule has 0 heterocycles. The largest absolute Gasteiger partial charge is 0.522 e. The summed E-state index contributed by atoms with van der Waals surface area (Å²) in [4.78, 5) is 0. The molecule has 0 N–H and O–H groups in total. The van der Waals surface area contributed by atoms with Crippen molar-refractivity contribution in [1.29, 1.82) is 0 Å². The van der Waals surface area contributed by atoms with Crippen LogP contribution in [0.3, 0.4) is 0 Å². The average Bonchev–Trinajstić information content (AvgIpc) is 2.61. The Kier molecular flexibility index (Phi) is 7.76. The van der Waals surface area contributed by atoms with Gasteiger partial charge in [-0.25, -0.2) is 17.6 Å². The van der Waals surface area contributed by atoms with Crippen molar-refractivity contribution < 1.29 is 49.0 Å². The molecule has 0 amide bonds. The molecule has 0 aromatic carbocycles. The van der Waals surface area contributed by atoms with Crippen molar-refractivity contribution in [3.05, 3.63) is 0 Å². The smallest absolute Gasteiger partial charge is 0.317 e. The van der Waals surface area contributed by atoms with Crippen molar-refractivity contribution in [3.63, 3.8) is 0 Å². The SMILES string of the molecule is FC1CCC(C2CC(F)C(C(F)(F)OC3CCC(OC(F)(F)F)CC3)C(F)C2)C(F)C1. The van der Waals surface area contributed by atoms with Crippen LogP contribution in [0.5, 0.6) is 0 Å². The molecule has 3 aliphatic carbocycles. The Morgan fingerprint density at radius 1 is 0.581 bits per heavy atom. The van der Waals surface area contributed by atoms with Crippen LogP contribution in [0.15, 0.2) is 0 Å². The fourth-order valence-electron chi connectivity index (χ4n) is 5.34. The third kappa shape index (κ3) is 6.42. The minimum Gasteiger partial charge on any atom is -0.317 e. The van der Waals surface area contributed by atoms with E-state index in [-0.39, 0.29) is 44.9 Å². The Hall–Kier alpha value is -0.710. The number of halogens is 9. The summed E-state index contributed by atoms with van der Waals surface area (Å²) in [6.45, 7) is 0. The lowest BCUT2D eigenvalue weighted by atomic mass is 9.68. The Bertz CT molecular complexity index is 567. The zero-order valence-corrected chi connectivity index (χ0v) is 16.8. The van der Waals surface area contributed by atoms with Gasteiger partial charge in [-0.1, -0.05) is 0 Å². The first-order chi connectivity index (χ1) is 14.4. The molecule has 5 unspecified atom stereocenters. The molecule has 3 rings (SSSR count). The highest BCUT2D eigenvalue weighted by molar-refractivity contribution is 4.96. The molecule has 0 radical (unpaired) electrons. The fraction of sp³-hybridized carbons (Fsp3) is 1.00. The Balaban J connectivity index is 1.54. The molecule has 5 atom stereocenters. The summed E-state index contributed by atoms with van der Waals surface area (Å²) in [5.74, 6) is -3.93. The van der Waals surface area contributed by atoms with E-state index in [2.05, 4.69) is 9.47 Å². The number of hydrogen-bond donors (Lipinski definition) is 0. The van der Waals surface area contributed by atoms with Gasteiger partial charge >= 0.3 is 12.5 Å². The fourth-order valence-corrected chi connectivity index (χ4v) is 5.34. The number of hydrogen-bond acceptors (Lipinski definition) is 2. The van der Waals surface area contributed by atoms with E-state index in [1.165, 1.54) is 0 Å². The van der Waals surface area contributed by atoms with Gasteiger partial charge in [0.1, 0.15) is 30.6 Å². The molecule has 0 spiro atoms. The van der Waals surface area contributed by atoms with Crippen LogP contribution >= 0.6 is 0 Å². The van der Waals surface area contributed by atoms with E-state index in [0.29, 0.717) is 0 Å². The average molecular weight is 470 g/mol. The van der Waals surface area contributed by atoms with Crippen molar-refractivity contribution in [2.75, 3.05) is 0 Å². The summed E-state index contributed by atoms with van der Waals surface area (Å²) in [5, 5.41) is 0. The van der Waals surface area contributed by atoms with Gasteiger partial charge in [0.05, 0.1) is 12.2 Å². The van der Waals surface area contributed by atoms with Crippen LogP contribution in [0.1, 0.15) is 57.8 Å². The molecular weight excluding hydrogens is 443 g/mol. The zero-order valence-electron chi connectivity index (χ0n) is 16.8. The molecule has 0 saturated heterocycles. The van der Waals surface area contributed by atoms with Gasteiger partial charge in [-0.05, 0) is 63.2 Å². The first-order valence-corrected chi connectivity index (χ1v) is 10.7. The molecule has 0 aliphatic heterocycles. The van der Waals surface area contributed by atoms with E-state index in [1.807, 2.05) is 0 Å². The van der Waals surface area contributed by atoms with Crippen molar-refractivity contribution in [2.24, 2.45) is 17.8 Å². The molecule has 3 aliphatic rings. The molecule has 0 bridgehead atoms. The van der Waals surface area contributed by atoms with Crippen LogP contribution in [-0.2, 0) is 9.47 Å². The van der Waals surface area contributed by atoms with Crippen LogP contribution in [0.4, 0.5) is 39.5 Å². The Morgan fingerprint density at radius 3 is 1.58 bits per heavy atom. The predicted octanol–water partition coefficient (Wildman–Crippen LogP) is 6.62. The Labute approximate surface area is 174 Å². The molecule has 182 valence electrons. The van der Waals surface area contributed by atoms with Crippen LogP contribution in [0, 0.1) is 17.8 Å². The highest BCUT2D eigenvalue weighted by Crippen LogP contribution is 2.48. The summed E-state index contributed by atoms with van der Waals surface area (Å²) in [6.07, 6.45) is -20.4. The van der Waals surface area contributed by atoms with Crippen molar-refractivity contribution >= 4 is 0 Å². The molecule has 0 aromatic rings. The van der Waals surface area contributed by atoms with Gasteiger partial charge in [-0.3, -0.25) is 4.74 Å². The summed E-state index contributed by atoms with van der Waals surface area (Å²) >= 11 is 0. The van der Waals surface area contributed by atoms with Crippen LogP contribution < -0.4 is 0 Å². The quantitative estimate of drug-likeness (QED) is 0.421. The molecule has 0 aromatic heterocycles. The number of ether oxygens (including phenoxy) is 2. The molecule has 3 fully saturated rings. The van der Waals surface area contributed by atoms with E-state index in [1.54, 1.807) is 0 Å². The highest BCUT2D eigenvalue weighted by Gasteiger charge is 2.56. The second-order valence-corrected chi connectivity index (χ2v) is 9.02. The second-order valence-electron chi connectivity index (χ2n) is 9.02. The van der Waals surface area contributed by atoms with E-state index < -0.39 is 80.0 Å². The van der Waals surface area contributed by atoms with E-state index in [9.17, 15) is 39.5 Å². The summed E-state index contributed by atoms with van der Waals surface area (Å²) in [6, 6.07) is 0. The number of rotatable bonds is 5. The third-order valence-corrected chi connectivity index (χ3v) is 6.83. The maximum absolute atomic E-state index is 14.7. The minimum atomic E-state index is -4.83.